The highest BCUT2D eigenvalue weighted by Crippen LogP contribution is 2.34. The summed E-state index contributed by atoms with van der Waals surface area (Å²) in [7, 11) is 0. The van der Waals surface area contributed by atoms with E-state index in [1.54, 1.807) is 31.2 Å². The second-order valence-corrected chi connectivity index (χ2v) is 9.18. The van der Waals surface area contributed by atoms with Gasteiger partial charge in [0.15, 0.2) is 11.5 Å². The number of carbonyl (C=O) groups is 3. The van der Waals surface area contributed by atoms with E-state index in [2.05, 4.69) is 10.6 Å². The van der Waals surface area contributed by atoms with Crippen molar-refractivity contribution in [3.8, 4) is 17.6 Å². The van der Waals surface area contributed by atoms with E-state index in [0.717, 1.165) is 16.9 Å². The van der Waals surface area contributed by atoms with Crippen LogP contribution in [0.1, 0.15) is 49.9 Å². The molecule has 2 aliphatic heterocycles. The monoisotopic (exact) mass is 476 g/mol. The molecule has 0 saturated carbocycles. The van der Waals surface area contributed by atoms with E-state index in [0.29, 0.717) is 35.8 Å². The first-order chi connectivity index (χ1) is 16.7. The zero-order chi connectivity index (χ0) is 25.2. The molecule has 0 bridgehead atoms. The number of carbonyl (C=O) groups excluding carboxylic acids is 3. The SMILES string of the molecule is CC(C)C(NC(=O)CN1C(=O)NC(C)(c2ccc(C#N)cc2)C1=O)c1ccc2c(c1)OCCCO2. The molecule has 2 heterocycles. The van der Waals surface area contributed by atoms with Crippen molar-refractivity contribution in [3.05, 3.63) is 59.2 Å². The summed E-state index contributed by atoms with van der Waals surface area (Å²) in [5.41, 5.74) is 0.499. The number of nitrogens with zero attached hydrogens (tertiary/aromatic N) is 2. The first kappa shape index (κ1) is 24.1. The highest BCUT2D eigenvalue weighted by atomic mass is 16.5. The first-order valence-electron chi connectivity index (χ1n) is 11.6. The summed E-state index contributed by atoms with van der Waals surface area (Å²) in [5.74, 6) is 0.354. The molecule has 9 nitrogen and oxygen atoms in total. The van der Waals surface area contributed by atoms with Crippen molar-refractivity contribution in [2.24, 2.45) is 5.92 Å². The van der Waals surface area contributed by atoms with Gasteiger partial charge in [0.05, 0.1) is 30.9 Å². The normalized spacial score (nSPS) is 20.1. The average molecular weight is 477 g/mol. The van der Waals surface area contributed by atoms with Gasteiger partial charge in [-0.1, -0.05) is 32.0 Å². The van der Waals surface area contributed by atoms with Crippen molar-refractivity contribution in [3.63, 3.8) is 0 Å². The lowest BCUT2D eigenvalue weighted by atomic mass is 9.91. The maximum atomic E-state index is 13.2. The molecule has 182 valence electrons. The molecule has 2 aromatic rings. The van der Waals surface area contributed by atoms with Crippen molar-refractivity contribution in [2.75, 3.05) is 19.8 Å². The Morgan fingerprint density at radius 3 is 2.49 bits per heavy atom. The van der Waals surface area contributed by atoms with Crippen LogP contribution in [0, 0.1) is 17.2 Å². The predicted octanol–water partition coefficient (Wildman–Crippen LogP) is 3.00. The number of nitrogens with one attached hydrogen (secondary N) is 2. The molecule has 2 atom stereocenters. The summed E-state index contributed by atoms with van der Waals surface area (Å²) in [5, 5.41) is 14.6. The minimum absolute atomic E-state index is 0.0377. The highest BCUT2D eigenvalue weighted by Gasteiger charge is 2.49. The van der Waals surface area contributed by atoms with Crippen LogP contribution in [0.3, 0.4) is 0 Å². The van der Waals surface area contributed by atoms with E-state index in [4.69, 9.17) is 14.7 Å². The summed E-state index contributed by atoms with van der Waals surface area (Å²) in [4.78, 5) is 39.7. The molecule has 9 heteroatoms. The van der Waals surface area contributed by atoms with Crippen molar-refractivity contribution in [1.82, 2.24) is 15.5 Å². The van der Waals surface area contributed by atoms with Gasteiger partial charge in [-0.3, -0.25) is 14.5 Å². The van der Waals surface area contributed by atoms with E-state index in [-0.39, 0.29) is 12.0 Å². The number of hydrogen-bond donors (Lipinski definition) is 2. The van der Waals surface area contributed by atoms with Gasteiger partial charge in [-0.05, 0) is 48.2 Å². The number of ether oxygens (including phenoxy) is 2. The van der Waals surface area contributed by atoms with Crippen molar-refractivity contribution in [2.45, 2.75) is 38.8 Å². The van der Waals surface area contributed by atoms with Crippen LogP contribution < -0.4 is 20.1 Å². The second kappa shape index (κ2) is 9.66. The molecule has 2 aliphatic rings. The number of nitriles is 1. The van der Waals surface area contributed by atoms with Crippen LogP contribution in [-0.2, 0) is 15.1 Å². The molecule has 35 heavy (non-hydrogen) atoms. The van der Waals surface area contributed by atoms with Crippen LogP contribution in [-0.4, -0.2) is 42.5 Å². The van der Waals surface area contributed by atoms with Crippen molar-refractivity contribution >= 4 is 17.8 Å². The van der Waals surface area contributed by atoms with E-state index < -0.39 is 29.9 Å². The summed E-state index contributed by atoms with van der Waals surface area (Å²) < 4.78 is 11.5. The smallest absolute Gasteiger partial charge is 0.325 e. The standard InChI is InChI=1S/C26H28N4O5/c1-16(2)23(18-7-10-20-21(13-18)35-12-4-11-34-20)28-22(31)15-30-24(32)26(3,29-25(30)33)19-8-5-17(14-27)6-9-19/h5-10,13,16,23H,4,11-12,15H2,1-3H3,(H,28,31)(H,29,33). The Labute approximate surface area is 204 Å². The lowest BCUT2D eigenvalue weighted by Gasteiger charge is -2.25. The number of benzene rings is 2. The molecular weight excluding hydrogens is 448 g/mol. The molecule has 0 spiro atoms. The Kier molecular flexibility index (Phi) is 6.65. The summed E-state index contributed by atoms with van der Waals surface area (Å²) in [6.07, 6.45) is 0.793. The fourth-order valence-corrected chi connectivity index (χ4v) is 4.29. The zero-order valence-electron chi connectivity index (χ0n) is 20.0. The van der Waals surface area contributed by atoms with Crippen LogP contribution in [0.2, 0.25) is 0 Å². The van der Waals surface area contributed by atoms with Crippen LogP contribution in [0.5, 0.6) is 11.5 Å². The molecule has 1 fully saturated rings. The summed E-state index contributed by atoms with van der Waals surface area (Å²) in [6, 6.07) is 13.0. The molecule has 1 saturated heterocycles. The minimum Gasteiger partial charge on any atom is -0.490 e. The van der Waals surface area contributed by atoms with Gasteiger partial charge in [-0.2, -0.15) is 5.26 Å². The maximum absolute atomic E-state index is 13.2. The molecule has 2 aromatic carbocycles. The maximum Gasteiger partial charge on any atom is 0.325 e. The summed E-state index contributed by atoms with van der Waals surface area (Å²) in [6.45, 7) is 6.27. The van der Waals surface area contributed by atoms with E-state index in [1.165, 1.54) is 0 Å². The minimum atomic E-state index is -1.32. The molecule has 4 amide bonds. The number of rotatable bonds is 6. The molecule has 2 N–H and O–H groups in total. The highest BCUT2D eigenvalue weighted by molar-refractivity contribution is 6.09. The number of imide groups is 1. The third kappa shape index (κ3) is 4.78. The first-order valence-corrected chi connectivity index (χ1v) is 11.6. The van der Waals surface area contributed by atoms with Gasteiger partial charge in [0, 0.05) is 6.42 Å². The van der Waals surface area contributed by atoms with Gasteiger partial charge in [0.25, 0.3) is 5.91 Å². The van der Waals surface area contributed by atoms with E-state index in [1.807, 2.05) is 38.1 Å². The third-order valence-corrected chi connectivity index (χ3v) is 6.28. The Hall–Kier alpha value is -4.06. The largest absolute Gasteiger partial charge is 0.490 e. The summed E-state index contributed by atoms with van der Waals surface area (Å²) >= 11 is 0. The molecule has 0 aliphatic carbocycles. The fourth-order valence-electron chi connectivity index (χ4n) is 4.29. The Morgan fingerprint density at radius 2 is 1.83 bits per heavy atom. The molecular formula is C26H28N4O5. The van der Waals surface area contributed by atoms with Gasteiger partial charge in [-0.25, -0.2) is 4.79 Å². The van der Waals surface area contributed by atoms with Gasteiger partial charge in [-0.15, -0.1) is 0 Å². The van der Waals surface area contributed by atoms with Gasteiger partial charge in [0.2, 0.25) is 5.91 Å². The Morgan fingerprint density at radius 1 is 1.14 bits per heavy atom. The van der Waals surface area contributed by atoms with E-state index >= 15 is 0 Å². The molecule has 2 unspecified atom stereocenters. The lowest BCUT2D eigenvalue weighted by Crippen LogP contribution is -2.44. The molecule has 0 radical (unpaired) electrons. The molecule has 4 rings (SSSR count). The average Bonchev–Trinajstić information content (AvgIpc) is 3.00. The van der Waals surface area contributed by atoms with Gasteiger partial charge in [0.1, 0.15) is 12.1 Å². The Bertz CT molecular complexity index is 1190. The van der Waals surface area contributed by atoms with Crippen molar-refractivity contribution in [1.29, 1.82) is 5.26 Å². The predicted molar refractivity (Wildman–Crippen MR) is 127 cm³/mol. The van der Waals surface area contributed by atoms with Crippen molar-refractivity contribution < 1.29 is 23.9 Å². The lowest BCUT2D eigenvalue weighted by molar-refractivity contribution is -0.135. The van der Waals surface area contributed by atoms with E-state index in [9.17, 15) is 14.4 Å². The number of amides is 4. The van der Waals surface area contributed by atoms with Crippen LogP contribution in [0.15, 0.2) is 42.5 Å². The number of hydrogen-bond acceptors (Lipinski definition) is 6. The van der Waals surface area contributed by atoms with Gasteiger partial charge < -0.3 is 20.1 Å². The number of fused-ring (bicyclic) bond motifs is 1. The Balaban J connectivity index is 1.48. The zero-order valence-corrected chi connectivity index (χ0v) is 20.0. The number of urea groups is 1. The van der Waals surface area contributed by atoms with Crippen LogP contribution in [0.25, 0.3) is 0 Å². The van der Waals surface area contributed by atoms with Crippen LogP contribution in [0.4, 0.5) is 4.79 Å². The fraction of sp³-hybridized carbons (Fsp3) is 0.385. The second-order valence-electron chi connectivity index (χ2n) is 9.18. The topological polar surface area (TPSA) is 121 Å². The third-order valence-electron chi connectivity index (χ3n) is 6.28. The van der Waals surface area contributed by atoms with Crippen LogP contribution >= 0.6 is 0 Å². The quantitative estimate of drug-likeness (QED) is 0.619. The molecule has 0 aromatic heterocycles. The van der Waals surface area contributed by atoms with Gasteiger partial charge >= 0.3 is 6.03 Å².